The molecule has 0 fully saturated rings. The van der Waals surface area contributed by atoms with Gasteiger partial charge in [-0.1, -0.05) is 20.8 Å². The Balaban J connectivity index is 1.82. The Morgan fingerprint density at radius 1 is 1.42 bits per heavy atom. The predicted octanol–water partition coefficient (Wildman–Crippen LogP) is 3.93. The van der Waals surface area contributed by atoms with E-state index in [2.05, 4.69) is 10.3 Å². The van der Waals surface area contributed by atoms with Gasteiger partial charge >= 0.3 is 0 Å². The molecule has 6 nitrogen and oxygen atoms in total. The molecule has 1 aromatic heterocycles. The fourth-order valence-corrected chi connectivity index (χ4v) is 3.57. The van der Waals surface area contributed by atoms with Crippen molar-refractivity contribution < 1.29 is 14.3 Å². The van der Waals surface area contributed by atoms with Crippen LogP contribution in [0.4, 0.5) is 10.8 Å². The number of hydrogen-bond acceptors (Lipinski definition) is 5. The second kappa shape index (κ2) is 7.86. The molecule has 26 heavy (non-hydrogen) atoms. The first-order valence-corrected chi connectivity index (χ1v) is 9.69. The number of ether oxygens (including phenoxy) is 1. The number of thiazole rings is 1. The molecule has 2 aromatic rings. The second-order valence-electron chi connectivity index (χ2n) is 6.70. The maximum absolute atomic E-state index is 12.1. The molecule has 0 atom stereocenters. The molecular weight excluding hydrogens is 350 g/mol. The Kier molecular flexibility index (Phi) is 5.56. The van der Waals surface area contributed by atoms with E-state index in [-0.39, 0.29) is 18.4 Å². The number of carbonyl (C=O) groups excluding carboxylic acids is 2. The maximum Gasteiger partial charge on any atom is 0.265 e. The maximum atomic E-state index is 12.1. The van der Waals surface area contributed by atoms with E-state index in [0.717, 1.165) is 23.4 Å². The van der Waals surface area contributed by atoms with Crippen LogP contribution in [0.2, 0.25) is 0 Å². The monoisotopic (exact) mass is 373 g/mol. The Bertz CT molecular complexity index is 816. The molecule has 2 heterocycles. The normalized spacial score (nSPS) is 13.5. The van der Waals surface area contributed by atoms with Gasteiger partial charge in [0.25, 0.3) is 5.91 Å². The molecule has 1 N–H and O–H groups in total. The second-order valence-corrected chi connectivity index (χ2v) is 7.56. The molecule has 7 heteroatoms. The van der Waals surface area contributed by atoms with Crippen LogP contribution in [0.3, 0.4) is 0 Å². The van der Waals surface area contributed by atoms with E-state index in [4.69, 9.17) is 4.74 Å². The molecular formula is C19H23N3O3S. The highest BCUT2D eigenvalue weighted by Crippen LogP contribution is 2.36. The fourth-order valence-electron chi connectivity index (χ4n) is 2.84. The van der Waals surface area contributed by atoms with Crippen molar-refractivity contribution in [2.75, 3.05) is 23.4 Å². The average molecular weight is 373 g/mol. The first kappa shape index (κ1) is 18.4. The van der Waals surface area contributed by atoms with Gasteiger partial charge in [0, 0.05) is 23.9 Å². The summed E-state index contributed by atoms with van der Waals surface area (Å²) in [5.74, 6) is 0.954. The molecule has 0 spiro atoms. The molecule has 0 saturated carbocycles. The Morgan fingerprint density at radius 2 is 2.23 bits per heavy atom. The number of hydrogen-bond donors (Lipinski definition) is 1. The van der Waals surface area contributed by atoms with Crippen LogP contribution in [-0.2, 0) is 9.59 Å². The van der Waals surface area contributed by atoms with Gasteiger partial charge in [0.15, 0.2) is 11.7 Å². The van der Waals surface area contributed by atoms with E-state index in [1.165, 1.54) is 11.3 Å². The number of nitrogens with zero attached hydrogens (tertiary/aromatic N) is 2. The third-order valence-electron chi connectivity index (χ3n) is 3.99. The lowest BCUT2D eigenvalue weighted by molar-refractivity contribution is -0.121. The summed E-state index contributed by atoms with van der Waals surface area (Å²) in [6.45, 7) is 6.79. The smallest absolute Gasteiger partial charge is 0.265 e. The van der Waals surface area contributed by atoms with Gasteiger partial charge in [-0.15, -0.1) is 11.3 Å². The summed E-state index contributed by atoms with van der Waals surface area (Å²) in [5, 5.41) is 5.33. The van der Waals surface area contributed by atoms with Crippen LogP contribution in [0.15, 0.2) is 23.6 Å². The van der Waals surface area contributed by atoms with Crippen molar-refractivity contribution in [3.05, 3.63) is 23.6 Å². The van der Waals surface area contributed by atoms with Crippen molar-refractivity contribution in [1.29, 1.82) is 0 Å². The van der Waals surface area contributed by atoms with Crippen LogP contribution in [0.5, 0.6) is 5.75 Å². The van der Waals surface area contributed by atoms with Gasteiger partial charge < -0.3 is 15.0 Å². The van der Waals surface area contributed by atoms with Crippen LogP contribution in [0.1, 0.15) is 33.6 Å². The van der Waals surface area contributed by atoms with E-state index in [0.29, 0.717) is 29.8 Å². The molecule has 0 unspecified atom stereocenters. The SMILES string of the molecule is CCCN1C(=O)COc2ccc(-c3csc(NC(=O)CC(C)C)n3)cc21. The molecule has 0 radical (unpaired) electrons. The third-order valence-corrected chi connectivity index (χ3v) is 4.75. The summed E-state index contributed by atoms with van der Waals surface area (Å²) < 4.78 is 5.53. The lowest BCUT2D eigenvalue weighted by atomic mass is 10.1. The van der Waals surface area contributed by atoms with Gasteiger partial charge in [-0.05, 0) is 30.5 Å². The van der Waals surface area contributed by atoms with Crippen LogP contribution in [0.25, 0.3) is 11.3 Å². The average Bonchev–Trinajstić information content (AvgIpc) is 3.04. The molecule has 1 aliphatic rings. The molecule has 2 amide bonds. The van der Waals surface area contributed by atoms with Gasteiger partial charge in [0.2, 0.25) is 5.91 Å². The van der Waals surface area contributed by atoms with Gasteiger partial charge in [-0.25, -0.2) is 4.98 Å². The number of rotatable bonds is 6. The number of fused-ring (bicyclic) bond motifs is 1. The summed E-state index contributed by atoms with van der Waals surface area (Å²) in [7, 11) is 0. The van der Waals surface area contributed by atoms with Crippen molar-refractivity contribution >= 4 is 34.0 Å². The lowest BCUT2D eigenvalue weighted by Gasteiger charge is -2.29. The summed E-state index contributed by atoms with van der Waals surface area (Å²) in [6, 6.07) is 5.72. The Morgan fingerprint density at radius 3 is 2.96 bits per heavy atom. The number of nitrogens with one attached hydrogen (secondary N) is 1. The quantitative estimate of drug-likeness (QED) is 0.833. The largest absolute Gasteiger partial charge is 0.482 e. The van der Waals surface area contributed by atoms with E-state index >= 15 is 0 Å². The van der Waals surface area contributed by atoms with E-state index < -0.39 is 0 Å². The Labute approximate surface area is 157 Å². The number of amides is 2. The summed E-state index contributed by atoms with van der Waals surface area (Å²) in [6.07, 6.45) is 1.34. The van der Waals surface area contributed by atoms with Crippen LogP contribution in [-0.4, -0.2) is 29.9 Å². The third kappa shape index (κ3) is 4.04. The predicted molar refractivity (Wildman–Crippen MR) is 104 cm³/mol. The first-order valence-electron chi connectivity index (χ1n) is 8.81. The Hall–Kier alpha value is -2.41. The fraction of sp³-hybridized carbons (Fsp3) is 0.421. The summed E-state index contributed by atoms with van der Waals surface area (Å²) >= 11 is 1.39. The molecule has 138 valence electrons. The van der Waals surface area contributed by atoms with Crippen molar-refractivity contribution in [2.24, 2.45) is 5.92 Å². The van der Waals surface area contributed by atoms with Crippen LogP contribution >= 0.6 is 11.3 Å². The van der Waals surface area contributed by atoms with Gasteiger partial charge in [-0.2, -0.15) is 0 Å². The highest BCUT2D eigenvalue weighted by atomic mass is 32.1. The van der Waals surface area contributed by atoms with Crippen molar-refractivity contribution in [3.8, 4) is 17.0 Å². The minimum atomic E-state index is -0.0311. The number of aromatic nitrogens is 1. The molecule has 1 aromatic carbocycles. The molecule has 3 rings (SSSR count). The minimum absolute atomic E-state index is 0.0283. The van der Waals surface area contributed by atoms with Crippen molar-refractivity contribution in [1.82, 2.24) is 4.98 Å². The van der Waals surface area contributed by atoms with E-state index in [1.807, 2.05) is 44.4 Å². The highest BCUT2D eigenvalue weighted by Gasteiger charge is 2.25. The first-order chi connectivity index (χ1) is 12.5. The number of benzene rings is 1. The van der Waals surface area contributed by atoms with Gasteiger partial charge in [-0.3, -0.25) is 9.59 Å². The molecule has 0 aliphatic carbocycles. The molecule has 0 bridgehead atoms. The zero-order valence-electron chi connectivity index (χ0n) is 15.2. The summed E-state index contributed by atoms with van der Waals surface area (Å²) in [5.41, 5.74) is 2.44. The molecule has 0 saturated heterocycles. The van der Waals surface area contributed by atoms with Crippen molar-refractivity contribution in [2.45, 2.75) is 33.6 Å². The van der Waals surface area contributed by atoms with Gasteiger partial charge in [0.1, 0.15) is 5.75 Å². The highest BCUT2D eigenvalue weighted by molar-refractivity contribution is 7.14. The van der Waals surface area contributed by atoms with Crippen molar-refractivity contribution in [3.63, 3.8) is 0 Å². The standard InChI is InChI=1S/C19H23N3O3S/c1-4-7-22-15-9-13(5-6-16(15)25-10-18(22)24)14-11-26-19(20-14)21-17(23)8-12(2)3/h5-6,9,11-12H,4,7-8,10H2,1-3H3,(H,20,21,23). The van der Waals surface area contributed by atoms with Crippen LogP contribution in [0, 0.1) is 5.92 Å². The number of anilines is 2. The lowest BCUT2D eigenvalue weighted by Crippen LogP contribution is -2.39. The zero-order chi connectivity index (χ0) is 18.7. The van der Waals surface area contributed by atoms with Crippen LogP contribution < -0.4 is 15.0 Å². The van der Waals surface area contributed by atoms with E-state index in [1.54, 1.807) is 4.90 Å². The zero-order valence-corrected chi connectivity index (χ0v) is 16.1. The topological polar surface area (TPSA) is 71.5 Å². The number of carbonyl (C=O) groups is 2. The molecule has 1 aliphatic heterocycles. The summed E-state index contributed by atoms with van der Waals surface area (Å²) in [4.78, 5) is 30.3. The van der Waals surface area contributed by atoms with E-state index in [9.17, 15) is 9.59 Å². The minimum Gasteiger partial charge on any atom is -0.482 e. The van der Waals surface area contributed by atoms with Gasteiger partial charge in [0.05, 0.1) is 11.4 Å².